The molecular weight excluding hydrogens is 451 g/mol. The lowest BCUT2D eigenvalue weighted by Gasteiger charge is -2.23. The molecule has 1 fully saturated rings. The lowest BCUT2D eigenvalue weighted by molar-refractivity contribution is 0.174. The van der Waals surface area contributed by atoms with Crippen molar-refractivity contribution in [2.45, 2.75) is 51.4 Å². The molecule has 180 valence electrons. The van der Waals surface area contributed by atoms with E-state index in [2.05, 4.69) is 25.4 Å². The molecule has 2 aliphatic rings. The van der Waals surface area contributed by atoms with Gasteiger partial charge in [0.15, 0.2) is 17.3 Å². The Balaban J connectivity index is 1.32. The fourth-order valence-electron chi connectivity index (χ4n) is 4.96. The lowest BCUT2D eigenvalue weighted by Crippen LogP contribution is -2.28. The summed E-state index contributed by atoms with van der Waals surface area (Å²) in [6.07, 6.45) is 4.48. The van der Waals surface area contributed by atoms with Crippen molar-refractivity contribution < 1.29 is 13.9 Å². The van der Waals surface area contributed by atoms with E-state index in [1.54, 1.807) is 18.2 Å². The van der Waals surface area contributed by atoms with E-state index in [4.69, 9.17) is 9.47 Å². The van der Waals surface area contributed by atoms with Crippen LogP contribution in [0.15, 0.2) is 47.3 Å². The smallest absolute Gasteiger partial charge is 0.252 e. The van der Waals surface area contributed by atoms with Crippen LogP contribution in [0.4, 0.5) is 4.39 Å². The highest BCUT2D eigenvalue weighted by molar-refractivity contribution is 5.83. The number of hydrogen-bond acceptors (Lipinski definition) is 7. The fraction of sp³-hybridized carbons (Fsp3) is 0.360. The standard InChI is InChI=1S/C25H25FN6O3/c26-19-7-5-16(6-8-19)12-31(14-24-28-29-30-32(24)20-3-1-2-4-20)13-18-9-17-10-22-23(35-15-34-22)11-21(17)27-25(18)33/h5-11,20H,1-4,12-15H2,(H,27,33). The number of aromatic amines is 1. The summed E-state index contributed by atoms with van der Waals surface area (Å²) >= 11 is 0. The summed E-state index contributed by atoms with van der Waals surface area (Å²) in [6, 6.07) is 12.3. The average molecular weight is 477 g/mol. The summed E-state index contributed by atoms with van der Waals surface area (Å²) in [7, 11) is 0. The van der Waals surface area contributed by atoms with E-state index in [1.165, 1.54) is 25.0 Å². The predicted octanol–water partition coefficient (Wildman–Crippen LogP) is 3.70. The third-order valence-electron chi connectivity index (χ3n) is 6.72. The van der Waals surface area contributed by atoms with Crippen LogP contribution in [0, 0.1) is 5.82 Å². The summed E-state index contributed by atoms with van der Waals surface area (Å²) in [4.78, 5) is 18.1. The van der Waals surface area contributed by atoms with E-state index < -0.39 is 0 Å². The molecular formula is C25H25FN6O3. The molecule has 1 saturated carbocycles. The Bertz CT molecular complexity index is 1410. The van der Waals surface area contributed by atoms with E-state index in [1.807, 2.05) is 16.8 Å². The average Bonchev–Trinajstić information content (AvgIpc) is 3.61. The predicted molar refractivity (Wildman–Crippen MR) is 125 cm³/mol. The highest BCUT2D eigenvalue weighted by Gasteiger charge is 2.23. The van der Waals surface area contributed by atoms with Gasteiger partial charge in [0, 0.05) is 30.1 Å². The van der Waals surface area contributed by atoms with Crippen molar-refractivity contribution in [2.24, 2.45) is 0 Å². The highest BCUT2D eigenvalue weighted by Crippen LogP contribution is 2.35. The third-order valence-corrected chi connectivity index (χ3v) is 6.72. The first-order valence-electron chi connectivity index (χ1n) is 11.8. The molecule has 1 aliphatic carbocycles. The third kappa shape index (κ3) is 4.49. The molecule has 2 aromatic carbocycles. The van der Waals surface area contributed by atoms with Gasteiger partial charge in [-0.15, -0.1) is 5.10 Å². The molecule has 10 heteroatoms. The monoisotopic (exact) mass is 476 g/mol. The number of rotatable bonds is 7. The van der Waals surface area contributed by atoms with Crippen LogP contribution in [0.5, 0.6) is 11.5 Å². The Hall–Kier alpha value is -3.79. The van der Waals surface area contributed by atoms with Gasteiger partial charge in [0.05, 0.1) is 18.1 Å². The highest BCUT2D eigenvalue weighted by atomic mass is 19.1. The van der Waals surface area contributed by atoms with Gasteiger partial charge in [-0.25, -0.2) is 9.07 Å². The summed E-state index contributed by atoms with van der Waals surface area (Å²) in [5.41, 5.74) is 2.07. The van der Waals surface area contributed by atoms with Gasteiger partial charge in [0.2, 0.25) is 6.79 Å². The molecule has 0 spiro atoms. The second kappa shape index (κ2) is 9.10. The van der Waals surface area contributed by atoms with Crippen LogP contribution in [0.25, 0.3) is 10.9 Å². The molecule has 0 saturated heterocycles. The molecule has 0 atom stereocenters. The molecule has 2 aromatic heterocycles. The Morgan fingerprint density at radius 3 is 2.60 bits per heavy atom. The van der Waals surface area contributed by atoms with Gasteiger partial charge in [-0.05, 0) is 53.1 Å². The largest absolute Gasteiger partial charge is 0.454 e. The zero-order valence-corrected chi connectivity index (χ0v) is 19.1. The van der Waals surface area contributed by atoms with E-state index >= 15 is 0 Å². The topological polar surface area (TPSA) is 98.2 Å². The van der Waals surface area contributed by atoms with Gasteiger partial charge in [0.1, 0.15) is 5.82 Å². The minimum Gasteiger partial charge on any atom is -0.454 e. The quantitative estimate of drug-likeness (QED) is 0.434. The van der Waals surface area contributed by atoms with E-state index in [9.17, 15) is 9.18 Å². The van der Waals surface area contributed by atoms with Crippen LogP contribution in [0.2, 0.25) is 0 Å². The Kier molecular flexibility index (Phi) is 5.65. The number of aromatic nitrogens is 5. The maximum Gasteiger partial charge on any atom is 0.252 e. The Morgan fingerprint density at radius 2 is 1.80 bits per heavy atom. The molecule has 0 unspecified atom stereocenters. The number of halogens is 1. The number of H-pyrrole nitrogens is 1. The second-order valence-corrected chi connectivity index (χ2v) is 9.17. The first kappa shape index (κ1) is 21.7. The number of benzene rings is 2. The number of tetrazole rings is 1. The van der Waals surface area contributed by atoms with E-state index in [0.29, 0.717) is 48.3 Å². The molecule has 0 radical (unpaired) electrons. The second-order valence-electron chi connectivity index (χ2n) is 9.17. The van der Waals surface area contributed by atoms with Crippen molar-refractivity contribution >= 4 is 10.9 Å². The summed E-state index contributed by atoms with van der Waals surface area (Å²) in [6.45, 7) is 1.51. The van der Waals surface area contributed by atoms with Crippen LogP contribution in [-0.2, 0) is 19.6 Å². The molecule has 0 amide bonds. The Morgan fingerprint density at radius 1 is 1.03 bits per heavy atom. The van der Waals surface area contributed by atoms with Crippen molar-refractivity contribution in [3.8, 4) is 11.5 Å². The zero-order chi connectivity index (χ0) is 23.8. The maximum absolute atomic E-state index is 13.5. The first-order valence-corrected chi connectivity index (χ1v) is 11.8. The lowest BCUT2D eigenvalue weighted by atomic mass is 10.1. The first-order chi connectivity index (χ1) is 17.1. The van der Waals surface area contributed by atoms with Crippen molar-refractivity contribution in [2.75, 3.05) is 6.79 Å². The summed E-state index contributed by atoms with van der Waals surface area (Å²) in [5.74, 6) is 1.77. The molecule has 1 aliphatic heterocycles. The van der Waals surface area contributed by atoms with Gasteiger partial charge in [-0.3, -0.25) is 9.69 Å². The molecule has 0 bridgehead atoms. The van der Waals surface area contributed by atoms with Crippen LogP contribution in [-0.4, -0.2) is 36.9 Å². The number of nitrogens with zero attached hydrogens (tertiary/aromatic N) is 5. The molecule has 35 heavy (non-hydrogen) atoms. The molecule has 3 heterocycles. The molecule has 6 rings (SSSR count). The fourth-order valence-corrected chi connectivity index (χ4v) is 4.96. The van der Waals surface area contributed by atoms with Crippen LogP contribution >= 0.6 is 0 Å². The van der Waals surface area contributed by atoms with Gasteiger partial charge in [-0.1, -0.05) is 25.0 Å². The summed E-state index contributed by atoms with van der Waals surface area (Å²) in [5, 5.41) is 13.3. The van der Waals surface area contributed by atoms with E-state index in [-0.39, 0.29) is 18.2 Å². The normalized spacial score (nSPS) is 15.5. The van der Waals surface area contributed by atoms with Crippen molar-refractivity contribution in [3.05, 3.63) is 75.6 Å². The number of ether oxygens (including phenoxy) is 2. The minimum atomic E-state index is -0.282. The van der Waals surface area contributed by atoms with Crippen LogP contribution in [0.3, 0.4) is 0 Å². The molecule has 1 N–H and O–H groups in total. The van der Waals surface area contributed by atoms with Crippen molar-refractivity contribution in [3.63, 3.8) is 0 Å². The van der Waals surface area contributed by atoms with Crippen molar-refractivity contribution in [1.82, 2.24) is 30.1 Å². The Labute approximate surface area is 200 Å². The molecule has 4 aromatic rings. The van der Waals surface area contributed by atoms with Crippen LogP contribution in [0.1, 0.15) is 48.7 Å². The van der Waals surface area contributed by atoms with Gasteiger partial charge in [-0.2, -0.15) is 0 Å². The van der Waals surface area contributed by atoms with Gasteiger partial charge in [0.25, 0.3) is 5.56 Å². The molecule has 9 nitrogen and oxygen atoms in total. The number of hydrogen-bond donors (Lipinski definition) is 1. The minimum absolute atomic E-state index is 0.171. The van der Waals surface area contributed by atoms with Crippen molar-refractivity contribution in [1.29, 1.82) is 0 Å². The summed E-state index contributed by atoms with van der Waals surface area (Å²) < 4.78 is 26.3. The van der Waals surface area contributed by atoms with E-state index in [0.717, 1.165) is 29.6 Å². The number of pyridine rings is 1. The van der Waals surface area contributed by atoms with Crippen LogP contribution < -0.4 is 15.0 Å². The number of nitrogens with one attached hydrogen (secondary N) is 1. The SMILES string of the molecule is O=c1[nH]c2cc3c(cc2cc1CN(Cc1ccc(F)cc1)Cc1nnnn1C1CCCC1)OCO3. The zero-order valence-electron chi connectivity index (χ0n) is 19.1. The van der Waals surface area contributed by atoms with Gasteiger partial charge >= 0.3 is 0 Å². The number of fused-ring (bicyclic) bond motifs is 2. The maximum atomic E-state index is 13.5. The van der Waals surface area contributed by atoms with Gasteiger partial charge < -0.3 is 14.5 Å².